The smallest absolute Gasteiger partial charge is 0.129 e. The summed E-state index contributed by atoms with van der Waals surface area (Å²) in [7, 11) is 0. The predicted molar refractivity (Wildman–Crippen MR) is 56.8 cm³/mol. The molecule has 1 nitrogen and oxygen atoms in total. The molecule has 1 N–H and O–H groups in total. The number of benzene rings is 1. The summed E-state index contributed by atoms with van der Waals surface area (Å²) in [5.74, 6) is -0.618. The molecule has 1 aromatic carbocycles. The molecule has 1 saturated heterocycles. The van der Waals surface area contributed by atoms with Crippen LogP contribution < -0.4 is 0 Å². The summed E-state index contributed by atoms with van der Waals surface area (Å²) < 4.78 is 26.4. The first-order valence-corrected chi connectivity index (χ1v) is 5.86. The van der Waals surface area contributed by atoms with Crippen molar-refractivity contribution in [3.05, 3.63) is 35.4 Å². The van der Waals surface area contributed by atoms with Crippen molar-refractivity contribution in [3.8, 4) is 0 Å². The van der Waals surface area contributed by atoms with Gasteiger partial charge in [-0.1, -0.05) is 6.92 Å². The van der Waals surface area contributed by atoms with E-state index in [0.717, 1.165) is 18.2 Å². The highest BCUT2D eigenvalue weighted by molar-refractivity contribution is 8.00. The molecular formula is C11H12F2OS. The van der Waals surface area contributed by atoms with Crippen LogP contribution in [0.25, 0.3) is 0 Å². The summed E-state index contributed by atoms with van der Waals surface area (Å²) in [6.07, 6.45) is 0.470. The average Bonchev–Trinajstić information content (AvgIpc) is 2.52. The molecule has 2 unspecified atom stereocenters. The molecular weight excluding hydrogens is 218 g/mol. The van der Waals surface area contributed by atoms with E-state index in [1.165, 1.54) is 0 Å². The van der Waals surface area contributed by atoms with E-state index in [-0.39, 0.29) is 10.8 Å². The van der Waals surface area contributed by atoms with Crippen molar-refractivity contribution >= 4 is 11.8 Å². The minimum absolute atomic E-state index is 0.0827. The Kier molecular flexibility index (Phi) is 2.73. The second-order valence-electron chi connectivity index (χ2n) is 3.98. The molecule has 1 fully saturated rings. The second-order valence-corrected chi connectivity index (χ2v) is 5.41. The molecule has 1 heterocycles. The van der Waals surface area contributed by atoms with E-state index >= 15 is 0 Å². The average molecular weight is 230 g/mol. The largest absolute Gasteiger partial charge is 0.384 e. The van der Waals surface area contributed by atoms with Gasteiger partial charge in [0, 0.05) is 16.6 Å². The summed E-state index contributed by atoms with van der Waals surface area (Å²) in [5, 5.41) is 10.5. The topological polar surface area (TPSA) is 20.2 Å². The van der Waals surface area contributed by atoms with Crippen LogP contribution in [0.2, 0.25) is 0 Å². The minimum atomic E-state index is -1.21. The van der Waals surface area contributed by atoms with Gasteiger partial charge in [-0.15, -0.1) is 0 Å². The fourth-order valence-electron chi connectivity index (χ4n) is 1.92. The van der Waals surface area contributed by atoms with E-state index in [4.69, 9.17) is 0 Å². The van der Waals surface area contributed by atoms with Crippen LogP contribution in [0, 0.1) is 11.6 Å². The van der Waals surface area contributed by atoms with E-state index in [1.807, 2.05) is 6.92 Å². The van der Waals surface area contributed by atoms with E-state index in [9.17, 15) is 13.9 Å². The Labute approximate surface area is 91.5 Å². The molecule has 1 aromatic rings. The lowest BCUT2D eigenvalue weighted by Crippen LogP contribution is -2.27. The summed E-state index contributed by atoms with van der Waals surface area (Å²) in [6, 6.07) is 3.22. The molecule has 1 aliphatic rings. The molecule has 2 rings (SSSR count). The Morgan fingerprint density at radius 3 is 2.80 bits per heavy atom. The highest BCUT2D eigenvalue weighted by Gasteiger charge is 2.39. The molecule has 0 aromatic heterocycles. The van der Waals surface area contributed by atoms with E-state index in [1.54, 1.807) is 11.8 Å². The van der Waals surface area contributed by atoms with Crippen LogP contribution in [0.5, 0.6) is 0 Å². The van der Waals surface area contributed by atoms with Crippen molar-refractivity contribution in [3.63, 3.8) is 0 Å². The van der Waals surface area contributed by atoms with Crippen LogP contribution in [0.3, 0.4) is 0 Å². The maximum absolute atomic E-state index is 13.5. The molecule has 0 spiro atoms. The summed E-state index contributed by atoms with van der Waals surface area (Å²) >= 11 is 1.57. The van der Waals surface area contributed by atoms with Crippen molar-refractivity contribution in [2.45, 2.75) is 24.2 Å². The summed E-state index contributed by atoms with van der Waals surface area (Å²) in [5.41, 5.74) is -1.13. The van der Waals surface area contributed by atoms with Gasteiger partial charge in [0.1, 0.15) is 17.2 Å². The van der Waals surface area contributed by atoms with Crippen LogP contribution in [-0.2, 0) is 5.60 Å². The van der Waals surface area contributed by atoms with Crippen molar-refractivity contribution in [1.29, 1.82) is 0 Å². The lowest BCUT2D eigenvalue weighted by Gasteiger charge is -2.22. The quantitative estimate of drug-likeness (QED) is 0.800. The SMILES string of the molecule is CC1CC(O)(c2cc(F)ccc2F)CS1. The summed E-state index contributed by atoms with van der Waals surface area (Å²) in [6.45, 7) is 1.97. The third-order valence-corrected chi connectivity index (χ3v) is 4.04. The molecule has 2 atom stereocenters. The standard InChI is InChI=1S/C11H12F2OS/c1-7-5-11(14,6-15-7)9-4-8(12)2-3-10(9)13/h2-4,7,14H,5-6H2,1H3. The van der Waals surface area contributed by atoms with Gasteiger partial charge in [0.25, 0.3) is 0 Å². The van der Waals surface area contributed by atoms with Crippen LogP contribution in [-0.4, -0.2) is 16.1 Å². The normalized spacial score (nSPS) is 30.8. The Morgan fingerprint density at radius 2 is 2.20 bits per heavy atom. The van der Waals surface area contributed by atoms with Gasteiger partial charge in [0.15, 0.2) is 0 Å². The number of halogens is 2. The predicted octanol–water partition coefficient (Wildman–Crippen LogP) is 2.68. The van der Waals surface area contributed by atoms with Gasteiger partial charge in [0.2, 0.25) is 0 Å². The van der Waals surface area contributed by atoms with Crippen molar-refractivity contribution in [1.82, 2.24) is 0 Å². The van der Waals surface area contributed by atoms with Crippen LogP contribution in [0.4, 0.5) is 8.78 Å². The first-order chi connectivity index (χ1) is 7.01. The lowest BCUT2D eigenvalue weighted by atomic mass is 9.91. The Bertz CT molecular complexity index is 383. The fourth-order valence-corrected chi connectivity index (χ4v) is 3.14. The molecule has 0 bridgehead atoms. The van der Waals surface area contributed by atoms with E-state index < -0.39 is 17.2 Å². The van der Waals surface area contributed by atoms with Gasteiger partial charge in [-0.2, -0.15) is 11.8 Å². The molecule has 0 radical (unpaired) electrons. The van der Waals surface area contributed by atoms with E-state index in [0.29, 0.717) is 12.2 Å². The van der Waals surface area contributed by atoms with Gasteiger partial charge in [-0.3, -0.25) is 0 Å². The molecule has 0 saturated carbocycles. The van der Waals surface area contributed by atoms with Gasteiger partial charge < -0.3 is 5.11 Å². The van der Waals surface area contributed by atoms with Gasteiger partial charge >= 0.3 is 0 Å². The monoisotopic (exact) mass is 230 g/mol. The summed E-state index contributed by atoms with van der Waals surface area (Å²) in [4.78, 5) is 0. The van der Waals surface area contributed by atoms with Gasteiger partial charge in [0.05, 0.1) is 0 Å². The zero-order valence-electron chi connectivity index (χ0n) is 8.34. The number of rotatable bonds is 1. The molecule has 0 amide bonds. The minimum Gasteiger partial charge on any atom is -0.384 e. The number of aliphatic hydroxyl groups is 1. The number of hydrogen-bond acceptors (Lipinski definition) is 2. The van der Waals surface area contributed by atoms with E-state index in [2.05, 4.69) is 0 Å². The van der Waals surface area contributed by atoms with Gasteiger partial charge in [-0.05, 0) is 24.6 Å². The third kappa shape index (κ3) is 2.01. The molecule has 0 aliphatic carbocycles. The van der Waals surface area contributed by atoms with Crippen molar-refractivity contribution in [2.75, 3.05) is 5.75 Å². The van der Waals surface area contributed by atoms with Crippen molar-refractivity contribution in [2.24, 2.45) is 0 Å². The number of hydrogen-bond donors (Lipinski definition) is 1. The van der Waals surface area contributed by atoms with Crippen LogP contribution >= 0.6 is 11.8 Å². The zero-order valence-corrected chi connectivity index (χ0v) is 9.15. The molecule has 4 heteroatoms. The maximum atomic E-state index is 13.5. The lowest BCUT2D eigenvalue weighted by molar-refractivity contribution is 0.0570. The third-order valence-electron chi connectivity index (χ3n) is 2.66. The molecule has 1 aliphatic heterocycles. The Balaban J connectivity index is 2.40. The number of thioether (sulfide) groups is 1. The first-order valence-electron chi connectivity index (χ1n) is 4.81. The van der Waals surface area contributed by atoms with Crippen LogP contribution in [0.15, 0.2) is 18.2 Å². The Morgan fingerprint density at radius 1 is 1.47 bits per heavy atom. The fraction of sp³-hybridized carbons (Fsp3) is 0.455. The molecule has 82 valence electrons. The van der Waals surface area contributed by atoms with Crippen LogP contribution in [0.1, 0.15) is 18.9 Å². The highest BCUT2D eigenvalue weighted by Crippen LogP contribution is 2.42. The highest BCUT2D eigenvalue weighted by atomic mass is 32.2. The zero-order chi connectivity index (χ0) is 11.1. The molecule has 15 heavy (non-hydrogen) atoms. The van der Waals surface area contributed by atoms with Gasteiger partial charge in [-0.25, -0.2) is 8.78 Å². The maximum Gasteiger partial charge on any atom is 0.129 e. The first kappa shape index (κ1) is 10.9. The Hall–Kier alpha value is -0.610. The second kappa shape index (κ2) is 3.76. The van der Waals surface area contributed by atoms with Crippen molar-refractivity contribution < 1.29 is 13.9 Å².